The maximum Gasteiger partial charge on any atom is 0.224 e. The lowest BCUT2D eigenvalue weighted by molar-refractivity contribution is -0.116. The molecule has 0 aliphatic rings. The molecule has 0 atom stereocenters. The van der Waals surface area contributed by atoms with E-state index in [0.29, 0.717) is 31.4 Å². The Morgan fingerprint density at radius 3 is 2.57 bits per heavy atom. The number of anilines is 1. The van der Waals surface area contributed by atoms with Crippen LogP contribution in [0.4, 0.5) is 5.69 Å². The van der Waals surface area contributed by atoms with Crippen LogP contribution >= 0.6 is 11.6 Å². The smallest absolute Gasteiger partial charge is 0.224 e. The summed E-state index contributed by atoms with van der Waals surface area (Å²) >= 11 is 5.55. The van der Waals surface area contributed by atoms with Gasteiger partial charge >= 0.3 is 0 Å². The second-order valence-electron chi connectivity index (χ2n) is 5.18. The molecule has 0 saturated carbocycles. The van der Waals surface area contributed by atoms with Gasteiger partial charge in [0.25, 0.3) is 0 Å². The summed E-state index contributed by atoms with van der Waals surface area (Å²) in [4.78, 5) is 11.8. The number of rotatable bonds is 10. The van der Waals surface area contributed by atoms with E-state index in [4.69, 9.17) is 21.1 Å². The van der Waals surface area contributed by atoms with E-state index in [-0.39, 0.29) is 5.91 Å². The number of nitrogens with one attached hydrogen (secondary N) is 1. The van der Waals surface area contributed by atoms with E-state index in [1.165, 1.54) is 0 Å². The third-order valence-corrected chi connectivity index (χ3v) is 2.78. The summed E-state index contributed by atoms with van der Waals surface area (Å²) in [6.45, 7) is 6.05. The predicted molar refractivity (Wildman–Crippen MR) is 86.2 cm³/mol. The highest BCUT2D eigenvalue weighted by molar-refractivity contribution is 6.18. The van der Waals surface area contributed by atoms with E-state index >= 15 is 0 Å². The van der Waals surface area contributed by atoms with Crippen molar-refractivity contribution < 1.29 is 14.3 Å². The molecule has 0 radical (unpaired) electrons. The van der Waals surface area contributed by atoms with Crippen LogP contribution in [0.25, 0.3) is 0 Å². The molecule has 1 N–H and O–H groups in total. The van der Waals surface area contributed by atoms with Crippen LogP contribution in [0, 0.1) is 5.92 Å². The zero-order valence-corrected chi connectivity index (χ0v) is 13.5. The van der Waals surface area contributed by atoms with Gasteiger partial charge in [0.1, 0.15) is 12.4 Å². The minimum atomic E-state index is -0.00225. The number of hydrogen-bond acceptors (Lipinski definition) is 3. The Morgan fingerprint density at radius 1 is 1.24 bits per heavy atom. The molecule has 1 rings (SSSR count). The number of benzene rings is 1. The molecule has 0 aromatic heterocycles. The second-order valence-corrected chi connectivity index (χ2v) is 5.56. The second kappa shape index (κ2) is 10.5. The van der Waals surface area contributed by atoms with Crippen molar-refractivity contribution in [2.45, 2.75) is 26.7 Å². The third-order valence-electron chi connectivity index (χ3n) is 2.63. The fourth-order valence-corrected chi connectivity index (χ4v) is 1.75. The van der Waals surface area contributed by atoms with Gasteiger partial charge in [0.05, 0.1) is 5.88 Å². The van der Waals surface area contributed by atoms with Gasteiger partial charge in [0.15, 0.2) is 0 Å². The van der Waals surface area contributed by atoms with Crippen molar-refractivity contribution >= 4 is 23.2 Å². The SMILES string of the molecule is CC(C)COCCCC(=O)Nc1ccc(OCCCl)cc1. The lowest BCUT2D eigenvalue weighted by Gasteiger charge is -2.08. The maximum absolute atomic E-state index is 11.8. The number of ether oxygens (including phenoxy) is 2. The molecular formula is C16H24ClNO3. The molecule has 5 heteroatoms. The summed E-state index contributed by atoms with van der Waals surface area (Å²) in [7, 11) is 0. The predicted octanol–water partition coefficient (Wildman–Crippen LogP) is 3.70. The number of alkyl halides is 1. The average Bonchev–Trinajstić information content (AvgIpc) is 2.46. The van der Waals surface area contributed by atoms with Crippen molar-refractivity contribution in [3.63, 3.8) is 0 Å². The van der Waals surface area contributed by atoms with Gasteiger partial charge in [-0.2, -0.15) is 0 Å². The molecule has 1 amide bonds. The van der Waals surface area contributed by atoms with Crippen molar-refractivity contribution in [1.29, 1.82) is 0 Å². The van der Waals surface area contributed by atoms with E-state index in [1.807, 2.05) is 24.3 Å². The number of carbonyl (C=O) groups is 1. The van der Waals surface area contributed by atoms with Crippen LogP contribution < -0.4 is 10.1 Å². The minimum Gasteiger partial charge on any atom is -0.492 e. The first-order chi connectivity index (χ1) is 10.1. The molecule has 1 aromatic carbocycles. The van der Waals surface area contributed by atoms with Gasteiger partial charge in [0, 0.05) is 25.3 Å². The summed E-state index contributed by atoms with van der Waals surface area (Å²) in [6.07, 6.45) is 1.19. The molecule has 0 bridgehead atoms. The summed E-state index contributed by atoms with van der Waals surface area (Å²) < 4.78 is 10.8. The highest BCUT2D eigenvalue weighted by Crippen LogP contribution is 2.16. The van der Waals surface area contributed by atoms with Crippen molar-refractivity contribution in [1.82, 2.24) is 0 Å². The van der Waals surface area contributed by atoms with Crippen molar-refractivity contribution in [2.24, 2.45) is 5.92 Å². The molecule has 0 saturated heterocycles. The molecule has 4 nitrogen and oxygen atoms in total. The quantitative estimate of drug-likeness (QED) is 0.529. The van der Waals surface area contributed by atoms with Crippen LogP contribution in [0.15, 0.2) is 24.3 Å². The van der Waals surface area contributed by atoms with Gasteiger partial charge in [-0.25, -0.2) is 0 Å². The molecule has 0 unspecified atom stereocenters. The zero-order valence-electron chi connectivity index (χ0n) is 12.7. The minimum absolute atomic E-state index is 0.00225. The summed E-state index contributed by atoms with van der Waals surface area (Å²) in [5, 5.41) is 2.85. The largest absolute Gasteiger partial charge is 0.492 e. The Kier molecular flexibility index (Phi) is 8.87. The molecule has 0 aliphatic heterocycles. The van der Waals surface area contributed by atoms with Gasteiger partial charge in [-0.1, -0.05) is 13.8 Å². The summed E-state index contributed by atoms with van der Waals surface area (Å²) in [5.41, 5.74) is 0.765. The summed E-state index contributed by atoms with van der Waals surface area (Å²) in [6, 6.07) is 7.26. The molecule has 0 aliphatic carbocycles. The number of halogens is 1. The molecule has 0 heterocycles. The summed E-state index contributed by atoms with van der Waals surface area (Å²) in [5.74, 6) is 1.73. The van der Waals surface area contributed by atoms with Crippen LogP contribution in [-0.2, 0) is 9.53 Å². The Labute approximate surface area is 131 Å². The lowest BCUT2D eigenvalue weighted by atomic mass is 10.2. The van der Waals surface area contributed by atoms with E-state index in [0.717, 1.165) is 24.5 Å². The van der Waals surface area contributed by atoms with Gasteiger partial charge in [-0.05, 0) is 36.6 Å². The van der Waals surface area contributed by atoms with Crippen molar-refractivity contribution in [3.8, 4) is 5.75 Å². The third kappa shape index (κ3) is 8.58. The average molecular weight is 314 g/mol. The molecular weight excluding hydrogens is 290 g/mol. The van der Waals surface area contributed by atoms with E-state index in [2.05, 4.69) is 19.2 Å². The zero-order chi connectivity index (χ0) is 15.5. The van der Waals surface area contributed by atoms with Gasteiger partial charge in [-0.15, -0.1) is 11.6 Å². The van der Waals surface area contributed by atoms with Crippen LogP contribution in [0.3, 0.4) is 0 Å². The normalized spacial score (nSPS) is 10.7. The van der Waals surface area contributed by atoms with Gasteiger partial charge < -0.3 is 14.8 Å². The fourth-order valence-electron chi connectivity index (χ4n) is 1.67. The Balaban J connectivity index is 2.21. The first-order valence-corrected chi connectivity index (χ1v) is 7.81. The van der Waals surface area contributed by atoms with E-state index in [1.54, 1.807) is 0 Å². The van der Waals surface area contributed by atoms with Gasteiger partial charge in [-0.3, -0.25) is 4.79 Å². The number of amides is 1. The Hall–Kier alpha value is -1.26. The highest BCUT2D eigenvalue weighted by atomic mass is 35.5. The molecule has 0 spiro atoms. The molecule has 118 valence electrons. The van der Waals surface area contributed by atoms with Crippen LogP contribution in [0.5, 0.6) is 5.75 Å². The maximum atomic E-state index is 11.8. The molecule has 1 aromatic rings. The highest BCUT2D eigenvalue weighted by Gasteiger charge is 2.03. The topological polar surface area (TPSA) is 47.6 Å². The first-order valence-electron chi connectivity index (χ1n) is 7.28. The Morgan fingerprint density at radius 2 is 1.95 bits per heavy atom. The Bertz CT molecular complexity index is 406. The van der Waals surface area contributed by atoms with Crippen LogP contribution in [-0.4, -0.2) is 31.6 Å². The molecule has 21 heavy (non-hydrogen) atoms. The van der Waals surface area contributed by atoms with Gasteiger partial charge in [0.2, 0.25) is 5.91 Å². The standard InChI is InChI=1S/C16H24ClNO3/c1-13(2)12-20-10-3-4-16(19)18-14-5-7-15(8-6-14)21-11-9-17/h5-8,13H,3-4,9-12H2,1-2H3,(H,18,19). The van der Waals surface area contributed by atoms with Crippen molar-refractivity contribution in [3.05, 3.63) is 24.3 Å². The first kappa shape index (κ1) is 17.8. The van der Waals surface area contributed by atoms with E-state index in [9.17, 15) is 4.79 Å². The number of hydrogen-bond donors (Lipinski definition) is 1. The lowest BCUT2D eigenvalue weighted by Crippen LogP contribution is -2.12. The van der Waals surface area contributed by atoms with Crippen molar-refractivity contribution in [2.75, 3.05) is 31.0 Å². The fraction of sp³-hybridized carbons (Fsp3) is 0.562. The molecule has 0 fully saturated rings. The van der Waals surface area contributed by atoms with E-state index < -0.39 is 0 Å². The monoisotopic (exact) mass is 313 g/mol. The van der Waals surface area contributed by atoms with Crippen LogP contribution in [0.2, 0.25) is 0 Å². The van der Waals surface area contributed by atoms with Crippen LogP contribution in [0.1, 0.15) is 26.7 Å². The number of carbonyl (C=O) groups excluding carboxylic acids is 1.